The number of carbonyl (C=O) groups excluding carboxylic acids is 9. The van der Waals surface area contributed by atoms with Gasteiger partial charge in [-0.3, -0.25) is 58.1 Å². The van der Waals surface area contributed by atoms with Crippen LogP contribution in [0.5, 0.6) is 0 Å². The van der Waals surface area contributed by atoms with Crippen molar-refractivity contribution in [1.29, 1.82) is 0 Å². The lowest BCUT2D eigenvalue weighted by Crippen LogP contribution is -2.61. The Morgan fingerprint density at radius 2 is 1.00 bits per heavy atom. The first kappa shape index (κ1) is 66.3. The number of nitrogens with two attached hydrogens (primary N) is 8. The van der Waals surface area contributed by atoms with Crippen LogP contribution < -0.4 is 83.1 Å². The fourth-order valence-corrected chi connectivity index (χ4v) is 10.2. The van der Waals surface area contributed by atoms with E-state index in [4.69, 9.17) is 45.9 Å². The Morgan fingerprint density at radius 1 is 0.584 bits per heavy atom. The van der Waals surface area contributed by atoms with Crippen molar-refractivity contribution < 1.29 is 53.1 Å². The van der Waals surface area contributed by atoms with Gasteiger partial charge < -0.3 is 93.1 Å². The van der Waals surface area contributed by atoms with Gasteiger partial charge in [-0.1, -0.05) is 62.1 Å². The lowest BCUT2D eigenvalue weighted by atomic mass is 9.96. The number of carboxylic acids is 1. The lowest BCUT2D eigenvalue weighted by Gasteiger charge is -2.31. The van der Waals surface area contributed by atoms with Crippen LogP contribution in [0.1, 0.15) is 98.3 Å². The molecule has 11 atom stereocenters. The van der Waals surface area contributed by atoms with E-state index in [9.17, 15) is 53.1 Å². The summed E-state index contributed by atoms with van der Waals surface area (Å²) in [5.41, 5.74) is 44.9. The summed E-state index contributed by atoms with van der Waals surface area (Å²) in [6, 6.07) is -12.4. The van der Waals surface area contributed by atoms with Crippen molar-refractivity contribution in [1.82, 2.24) is 42.1 Å². The standard InChI is InChI=1S/C45H81N19O11S2/c1-5-22(3)32-39(71)58-25(11-7-15-54-43(48)49)35(67)60-28(19-31(47)65)37(69)63-33(23(4)6-2)40(72)61-29(42(74)75)21-77-76-20-24(46)34(66)59-27(13-9-17-56-45(52)53)41(73)64-18-10-14-30(64)38(70)57-26(36(68)62-32)12-8-16-55-44(50)51/h22-30,32-33H,5-21,46H2,1-4H3,(H2,47,65)(H,57,70)(H,58,71)(H,59,66)(H,60,67)(H,61,72)(H,62,68)(H,63,69)(H,74,75)(H4,48,49,54)(H4,50,51,55)(H4,52,53,56)/t22-,23-,24-,25-,26-,27-,28-,29-,30-,32-,33-/m0/s1. The molecular formula is C45H81N19O11S2. The van der Waals surface area contributed by atoms with Gasteiger partial charge in [0.1, 0.15) is 48.3 Å². The molecule has 9 amide bonds. The maximum Gasteiger partial charge on any atom is 0.327 e. The third-order valence-electron chi connectivity index (χ3n) is 12.7. The number of hydrogen-bond acceptors (Lipinski definition) is 16. The van der Waals surface area contributed by atoms with Crippen molar-refractivity contribution in [3.05, 3.63) is 0 Å². The van der Waals surface area contributed by atoms with E-state index in [0.29, 0.717) is 12.8 Å². The van der Waals surface area contributed by atoms with Crippen molar-refractivity contribution in [2.45, 2.75) is 153 Å². The van der Waals surface area contributed by atoms with Gasteiger partial charge in [0.2, 0.25) is 53.2 Å². The van der Waals surface area contributed by atoms with Gasteiger partial charge in [-0.25, -0.2) is 4.79 Å². The van der Waals surface area contributed by atoms with E-state index in [1.165, 1.54) is 4.90 Å². The summed E-state index contributed by atoms with van der Waals surface area (Å²) in [6.45, 7) is 6.94. The average Bonchev–Trinajstić information content (AvgIpc) is 3.87. The molecule has 0 saturated carbocycles. The predicted molar refractivity (Wildman–Crippen MR) is 291 cm³/mol. The minimum atomic E-state index is -1.73. The number of guanidine groups is 3. The number of fused-ring (bicyclic) bond motifs is 1. The second kappa shape index (κ2) is 34.0. The number of primary amides is 1. The second-order valence-corrected chi connectivity index (χ2v) is 21.3. The maximum absolute atomic E-state index is 14.4. The van der Waals surface area contributed by atoms with Crippen molar-refractivity contribution in [2.24, 2.45) is 72.7 Å². The minimum absolute atomic E-state index is 0.00749. The molecule has 24 N–H and O–H groups in total. The summed E-state index contributed by atoms with van der Waals surface area (Å²) in [5, 5.41) is 28.3. The zero-order chi connectivity index (χ0) is 57.9. The van der Waals surface area contributed by atoms with Gasteiger partial charge in [-0.05, 0) is 63.2 Å². The maximum atomic E-state index is 14.4. The molecule has 0 spiro atoms. The highest BCUT2D eigenvalue weighted by molar-refractivity contribution is 8.76. The van der Waals surface area contributed by atoms with E-state index in [-0.39, 0.29) is 107 Å². The van der Waals surface area contributed by atoms with Gasteiger partial charge in [0.15, 0.2) is 17.9 Å². The molecule has 30 nitrogen and oxygen atoms in total. The Hall–Kier alpha value is -6.83. The third kappa shape index (κ3) is 23.5. The molecule has 77 heavy (non-hydrogen) atoms. The van der Waals surface area contributed by atoms with Crippen LogP contribution in [0.15, 0.2) is 15.0 Å². The van der Waals surface area contributed by atoms with Gasteiger partial charge in [0, 0.05) is 37.7 Å². The Balaban J connectivity index is 2.78. The molecular weight excluding hydrogens is 1050 g/mol. The first-order valence-corrected chi connectivity index (χ1v) is 27.9. The van der Waals surface area contributed by atoms with Crippen LogP contribution in [0, 0.1) is 11.8 Å². The van der Waals surface area contributed by atoms with E-state index in [2.05, 4.69) is 52.2 Å². The highest BCUT2D eigenvalue weighted by atomic mass is 33.1. The van der Waals surface area contributed by atoms with Gasteiger partial charge in [0.25, 0.3) is 0 Å². The van der Waals surface area contributed by atoms with Crippen LogP contribution in [0.4, 0.5) is 0 Å². The molecule has 0 aromatic carbocycles. The summed E-state index contributed by atoms with van der Waals surface area (Å²) >= 11 is 0. The first-order valence-electron chi connectivity index (χ1n) is 25.4. The summed E-state index contributed by atoms with van der Waals surface area (Å²) in [4.78, 5) is 151. The van der Waals surface area contributed by atoms with Crippen LogP contribution in [0.2, 0.25) is 0 Å². The van der Waals surface area contributed by atoms with E-state index >= 15 is 0 Å². The number of nitrogens with zero attached hydrogens (tertiary/aromatic N) is 4. The highest BCUT2D eigenvalue weighted by Crippen LogP contribution is 2.24. The molecule has 0 aromatic heterocycles. The number of amides is 9. The van der Waals surface area contributed by atoms with E-state index in [1.54, 1.807) is 27.7 Å². The lowest BCUT2D eigenvalue weighted by molar-refractivity contribution is -0.142. The van der Waals surface area contributed by atoms with Gasteiger partial charge in [-0.2, -0.15) is 0 Å². The minimum Gasteiger partial charge on any atom is -0.480 e. The Kier molecular flexibility index (Phi) is 29.3. The monoisotopic (exact) mass is 1130 g/mol. The second-order valence-electron chi connectivity index (χ2n) is 18.8. The van der Waals surface area contributed by atoms with Crippen LogP contribution >= 0.6 is 21.6 Å². The molecule has 2 fully saturated rings. The van der Waals surface area contributed by atoms with E-state index < -0.39 is 132 Å². The zero-order valence-corrected chi connectivity index (χ0v) is 45.8. The molecule has 0 bridgehead atoms. The summed E-state index contributed by atoms with van der Waals surface area (Å²) in [7, 11) is 1.97. The van der Waals surface area contributed by atoms with Crippen LogP contribution in [-0.2, 0) is 47.9 Å². The van der Waals surface area contributed by atoms with Crippen LogP contribution in [0.3, 0.4) is 0 Å². The molecule has 0 unspecified atom stereocenters. The van der Waals surface area contributed by atoms with Gasteiger partial charge in [0.05, 0.1) is 12.5 Å². The Labute approximate surface area is 455 Å². The number of carbonyl (C=O) groups is 10. The summed E-state index contributed by atoms with van der Waals surface area (Å²) < 4.78 is 0. The summed E-state index contributed by atoms with van der Waals surface area (Å²) in [5.74, 6) is -11.5. The quantitative estimate of drug-likeness (QED) is 0.0248. The fraction of sp³-hybridized carbons (Fsp3) is 0.711. The van der Waals surface area contributed by atoms with Gasteiger partial charge in [-0.15, -0.1) is 0 Å². The highest BCUT2D eigenvalue weighted by Gasteiger charge is 2.41. The van der Waals surface area contributed by atoms with Crippen molar-refractivity contribution in [3.8, 4) is 0 Å². The smallest absolute Gasteiger partial charge is 0.327 e. The largest absolute Gasteiger partial charge is 0.480 e. The number of rotatable bonds is 19. The molecule has 0 aliphatic carbocycles. The summed E-state index contributed by atoms with van der Waals surface area (Å²) in [6.07, 6.45) is 0.621. The van der Waals surface area contributed by atoms with Crippen molar-refractivity contribution >= 4 is 98.6 Å². The molecule has 0 radical (unpaired) electrons. The zero-order valence-electron chi connectivity index (χ0n) is 44.1. The molecule has 2 rings (SSSR count). The first-order chi connectivity index (χ1) is 36.3. The molecule has 0 aromatic rings. The molecule has 2 saturated heterocycles. The van der Waals surface area contributed by atoms with Crippen LogP contribution in [0.25, 0.3) is 0 Å². The molecule has 2 aliphatic rings. The predicted octanol–water partition coefficient (Wildman–Crippen LogP) is -5.69. The number of nitrogens with one attached hydrogen (secondary N) is 7. The Morgan fingerprint density at radius 3 is 1.47 bits per heavy atom. The SMILES string of the molecule is CC[C@H](C)[C@@H]1NC(=O)[C@H](CC(N)=O)NC(=O)[C@H](CCCN=C(N)N)NC(=O)[C@H]([C@@H](C)CC)NC(=O)[C@H](CCCN=C(N)N)NC(=O)[C@@H]2CCCN2C(=O)[C@H](CCCN=C(N)N)NC(=O)[C@@H](N)CSSC[C@@H](C(=O)O)NC1=O. The fourth-order valence-electron chi connectivity index (χ4n) is 7.96. The number of aliphatic carboxylic acids is 1. The van der Waals surface area contributed by atoms with Crippen LogP contribution in [-0.4, -0.2) is 179 Å². The normalized spacial score (nSPS) is 25.9. The van der Waals surface area contributed by atoms with Gasteiger partial charge >= 0.3 is 5.97 Å². The molecule has 434 valence electrons. The van der Waals surface area contributed by atoms with E-state index in [0.717, 1.165) is 21.6 Å². The topological polar surface area (TPSA) is 524 Å². The molecule has 2 heterocycles. The average molecular weight is 1130 g/mol. The molecule has 2 aliphatic heterocycles. The third-order valence-corrected chi connectivity index (χ3v) is 15.1. The number of aliphatic imine (C=N–C) groups is 3. The molecule has 32 heteroatoms. The van der Waals surface area contributed by atoms with E-state index in [1.807, 2.05) is 0 Å². The van der Waals surface area contributed by atoms with Crippen molar-refractivity contribution in [2.75, 3.05) is 37.7 Å². The van der Waals surface area contributed by atoms with Crippen molar-refractivity contribution in [3.63, 3.8) is 0 Å². The number of carboxylic acid groups (broad SMARTS) is 1. The Bertz CT molecular complexity index is 2140. The number of hydrogen-bond donors (Lipinski definition) is 16.